The van der Waals surface area contributed by atoms with Crippen molar-refractivity contribution < 1.29 is 18.3 Å². The van der Waals surface area contributed by atoms with Gasteiger partial charge in [0.25, 0.3) is 0 Å². The Morgan fingerprint density at radius 3 is 2.35 bits per heavy atom. The highest BCUT2D eigenvalue weighted by molar-refractivity contribution is 5.74. The summed E-state index contributed by atoms with van der Waals surface area (Å²) in [7, 11) is 0. The fourth-order valence-electron chi connectivity index (χ4n) is 1.30. The molecule has 0 heterocycles. The Hall–Kier alpha value is -2.23. The van der Waals surface area contributed by atoms with Crippen molar-refractivity contribution in [1.29, 1.82) is 0 Å². The van der Waals surface area contributed by atoms with Crippen molar-refractivity contribution in [3.63, 3.8) is 0 Å². The first-order chi connectivity index (χ1) is 8.19. The molecular formula is C13H8F2O2. The SMILES string of the molecule is O=Cc1ccc(Oc2cc(F)ccc2F)cc1. The summed E-state index contributed by atoms with van der Waals surface area (Å²) < 4.78 is 31.3. The predicted molar refractivity (Wildman–Crippen MR) is 58.3 cm³/mol. The zero-order valence-electron chi connectivity index (χ0n) is 8.69. The Balaban J connectivity index is 2.24. The molecule has 0 spiro atoms. The number of hydrogen-bond acceptors (Lipinski definition) is 2. The standard InChI is InChI=1S/C13H8F2O2/c14-10-3-6-12(15)13(7-10)17-11-4-1-9(8-16)2-5-11/h1-8H. The van der Waals surface area contributed by atoms with Crippen molar-refractivity contribution in [3.05, 3.63) is 59.7 Å². The Morgan fingerprint density at radius 2 is 1.71 bits per heavy atom. The molecule has 0 aliphatic heterocycles. The van der Waals surface area contributed by atoms with Gasteiger partial charge in [-0.3, -0.25) is 4.79 Å². The van der Waals surface area contributed by atoms with Crippen LogP contribution in [0.3, 0.4) is 0 Å². The van der Waals surface area contributed by atoms with E-state index in [9.17, 15) is 13.6 Å². The van der Waals surface area contributed by atoms with Crippen molar-refractivity contribution in [2.24, 2.45) is 0 Å². The van der Waals surface area contributed by atoms with E-state index in [1.165, 1.54) is 24.3 Å². The molecule has 0 saturated heterocycles. The largest absolute Gasteiger partial charge is 0.454 e. The summed E-state index contributed by atoms with van der Waals surface area (Å²) in [5.74, 6) is -1.08. The summed E-state index contributed by atoms with van der Waals surface area (Å²) in [5.41, 5.74) is 0.483. The maximum Gasteiger partial charge on any atom is 0.165 e. The van der Waals surface area contributed by atoms with Crippen molar-refractivity contribution in [3.8, 4) is 11.5 Å². The number of rotatable bonds is 3. The van der Waals surface area contributed by atoms with Crippen molar-refractivity contribution in [1.82, 2.24) is 0 Å². The van der Waals surface area contributed by atoms with E-state index < -0.39 is 11.6 Å². The van der Waals surface area contributed by atoms with Gasteiger partial charge in [0, 0.05) is 11.6 Å². The highest BCUT2D eigenvalue weighted by Gasteiger charge is 2.06. The van der Waals surface area contributed by atoms with Crippen LogP contribution < -0.4 is 4.74 Å². The summed E-state index contributed by atoms with van der Waals surface area (Å²) in [6.07, 6.45) is 0.687. The van der Waals surface area contributed by atoms with Gasteiger partial charge >= 0.3 is 0 Å². The monoisotopic (exact) mass is 234 g/mol. The molecular weight excluding hydrogens is 226 g/mol. The predicted octanol–water partition coefficient (Wildman–Crippen LogP) is 3.57. The molecule has 0 N–H and O–H groups in total. The van der Waals surface area contributed by atoms with Crippen molar-refractivity contribution in [2.45, 2.75) is 0 Å². The van der Waals surface area contributed by atoms with Gasteiger partial charge in [-0.1, -0.05) is 0 Å². The molecule has 0 radical (unpaired) electrons. The molecule has 0 fully saturated rings. The number of aldehydes is 1. The molecule has 4 heteroatoms. The number of benzene rings is 2. The smallest absolute Gasteiger partial charge is 0.165 e. The van der Waals surface area contributed by atoms with Crippen LogP contribution in [0.25, 0.3) is 0 Å². The van der Waals surface area contributed by atoms with Crippen LogP contribution >= 0.6 is 0 Å². The third-order valence-corrected chi connectivity index (χ3v) is 2.14. The minimum Gasteiger partial charge on any atom is -0.454 e. The number of carbonyl (C=O) groups is 1. The van der Waals surface area contributed by atoms with Gasteiger partial charge < -0.3 is 4.74 Å². The normalized spacial score (nSPS) is 10.0. The first-order valence-corrected chi connectivity index (χ1v) is 4.87. The van der Waals surface area contributed by atoms with Gasteiger partial charge in [-0.2, -0.15) is 0 Å². The third-order valence-electron chi connectivity index (χ3n) is 2.14. The minimum atomic E-state index is -0.647. The number of ether oxygens (including phenoxy) is 1. The highest BCUT2D eigenvalue weighted by Crippen LogP contribution is 2.25. The molecule has 2 aromatic carbocycles. The average molecular weight is 234 g/mol. The average Bonchev–Trinajstić information content (AvgIpc) is 2.35. The first kappa shape index (κ1) is 11.3. The van der Waals surface area contributed by atoms with Crippen LogP contribution in [0.5, 0.6) is 11.5 Å². The highest BCUT2D eigenvalue weighted by atomic mass is 19.1. The van der Waals surface area contributed by atoms with Crippen LogP contribution in [0.15, 0.2) is 42.5 Å². The number of halogens is 2. The minimum absolute atomic E-state index is 0.191. The summed E-state index contributed by atoms with van der Waals surface area (Å²) in [4.78, 5) is 10.4. The molecule has 86 valence electrons. The lowest BCUT2D eigenvalue weighted by molar-refractivity contribution is 0.112. The van der Waals surface area contributed by atoms with E-state index in [1.54, 1.807) is 0 Å². The molecule has 0 bridgehead atoms. The van der Waals surface area contributed by atoms with Gasteiger partial charge in [0.2, 0.25) is 0 Å². The molecule has 2 aromatic rings. The topological polar surface area (TPSA) is 26.3 Å². The molecule has 2 nitrogen and oxygen atoms in total. The lowest BCUT2D eigenvalue weighted by Gasteiger charge is -2.06. The molecule has 0 atom stereocenters. The van der Waals surface area contributed by atoms with Crippen LogP contribution in [-0.2, 0) is 0 Å². The summed E-state index contributed by atoms with van der Waals surface area (Å²) in [6.45, 7) is 0. The van der Waals surface area contributed by atoms with Crippen LogP contribution in [0, 0.1) is 11.6 Å². The molecule has 0 amide bonds. The summed E-state index contributed by atoms with van der Waals surface area (Å²) >= 11 is 0. The van der Waals surface area contributed by atoms with Crippen LogP contribution in [-0.4, -0.2) is 6.29 Å². The Kier molecular flexibility index (Phi) is 3.14. The van der Waals surface area contributed by atoms with Gasteiger partial charge in [-0.25, -0.2) is 8.78 Å². The molecule has 0 aliphatic carbocycles. The number of hydrogen-bond donors (Lipinski definition) is 0. The maximum absolute atomic E-state index is 13.3. The fourth-order valence-corrected chi connectivity index (χ4v) is 1.30. The number of carbonyl (C=O) groups excluding carboxylic acids is 1. The van der Waals surface area contributed by atoms with Gasteiger partial charge in [0.15, 0.2) is 11.6 Å². The second-order valence-electron chi connectivity index (χ2n) is 3.36. The van der Waals surface area contributed by atoms with E-state index in [-0.39, 0.29) is 5.75 Å². The quantitative estimate of drug-likeness (QED) is 0.759. The van der Waals surface area contributed by atoms with E-state index >= 15 is 0 Å². The maximum atomic E-state index is 13.3. The molecule has 0 aromatic heterocycles. The zero-order chi connectivity index (χ0) is 12.3. The van der Waals surface area contributed by atoms with Gasteiger partial charge in [-0.05, 0) is 36.4 Å². The van der Waals surface area contributed by atoms with Crippen LogP contribution in [0.4, 0.5) is 8.78 Å². The van der Waals surface area contributed by atoms with E-state index in [0.29, 0.717) is 17.6 Å². The fraction of sp³-hybridized carbons (Fsp3) is 0. The van der Waals surface area contributed by atoms with E-state index in [2.05, 4.69) is 0 Å². The lowest BCUT2D eigenvalue weighted by atomic mass is 10.2. The molecule has 0 aliphatic rings. The molecule has 0 saturated carbocycles. The second-order valence-corrected chi connectivity index (χ2v) is 3.36. The van der Waals surface area contributed by atoms with Gasteiger partial charge in [-0.15, -0.1) is 0 Å². The summed E-state index contributed by atoms with van der Waals surface area (Å²) in [6, 6.07) is 9.03. The third kappa shape index (κ3) is 2.66. The van der Waals surface area contributed by atoms with Crippen molar-refractivity contribution in [2.75, 3.05) is 0 Å². The first-order valence-electron chi connectivity index (χ1n) is 4.87. The Bertz CT molecular complexity index is 536. The van der Waals surface area contributed by atoms with E-state index in [4.69, 9.17) is 4.74 Å². The van der Waals surface area contributed by atoms with Crippen LogP contribution in [0.1, 0.15) is 10.4 Å². The Labute approximate surface area is 96.5 Å². The van der Waals surface area contributed by atoms with E-state index in [0.717, 1.165) is 18.2 Å². The molecule has 0 unspecified atom stereocenters. The second kappa shape index (κ2) is 4.74. The van der Waals surface area contributed by atoms with Gasteiger partial charge in [0.1, 0.15) is 17.9 Å². The van der Waals surface area contributed by atoms with Gasteiger partial charge in [0.05, 0.1) is 0 Å². The molecule has 17 heavy (non-hydrogen) atoms. The lowest BCUT2D eigenvalue weighted by Crippen LogP contribution is -1.90. The summed E-state index contributed by atoms with van der Waals surface area (Å²) in [5, 5.41) is 0. The van der Waals surface area contributed by atoms with Crippen molar-refractivity contribution >= 4 is 6.29 Å². The Morgan fingerprint density at radius 1 is 1.00 bits per heavy atom. The van der Waals surface area contributed by atoms with E-state index in [1.807, 2.05) is 0 Å². The molecule has 2 rings (SSSR count). The van der Waals surface area contributed by atoms with Crippen LogP contribution in [0.2, 0.25) is 0 Å². The zero-order valence-corrected chi connectivity index (χ0v) is 8.69.